The van der Waals surface area contributed by atoms with Crippen LogP contribution in [-0.2, 0) is 4.74 Å². The zero-order valence-corrected chi connectivity index (χ0v) is 10.5. The molecular formula is C13H25NO. The van der Waals surface area contributed by atoms with Gasteiger partial charge in [-0.25, -0.2) is 0 Å². The van der Waals surface area contributed by atoms with Crippen LogP contribution in [0.2, 0.25) is 0 Å². The number of hydrogen-bond acceptors (Lipinski definition) is 2. The van der Waals surface area contributed by atoms with E-state index in [-0.39, 0.29) is 5.54 Å². The molecule has 1 saturated heterocycles. The lowest BCUT2D eigenvalue weighted by molar-refractivity contribution is 0.0394. The fraction of sp³-hybridized carbons (Fsp3) is 1.00. The van der Waals surface area contributed by atoms with Gasteiger partial charge < -0.3 is 10.1 Å². The maximum atomic E-state index is 5.92. The predicted molar refractivity (Wildman–Crippen MR) is 62.9 cm³/mol. The molecule has 1 heterocycles. The van der Waals surface area contributed by atoms with Crippen LogP contribution in [0.25, 0.3) is 0 Å². The molecule has 0 aromatic rings. The number of hydrogen-bond donors (Lipinski definition) is 1. The van der Waals surface area contributed by atoms with Crippen LogP contribution in [0.1, 0.15) is 47.0 Å². The highest BCUT2D eigenvalue weighted by molar-refractivity contribution is 4.96. The van der Waals surface area contributed by atoms with Crippen molar-refractivity contribution in [3.05, 3.63) is 0 Å². The van der Waals surface area contributed by atoms with Crippen LogP contribution in [0.5, 0.6) is 0 Å². The lowest BCUT2D eigenvalue weighted by atomic mass is 10.1. The first-order valence-electron chi connectivity index (χ1n) is 6.36. The topological polar surface area (TPSA) is 21.3 Å². The molecule has 0 aromatic heterocycles. The number of nitrogens with one attached hydrogen (secondary N) is 1. The van der Waals surface area contributed by atoms with E-state index in [1.165, 1.54) is 25.8 Å². The molecule has 0 bridgehead atoms. The van der Waals surface area contributed by atoms with E-state index in [1.807, 2.05) is 0 Å². The van der Waals surface area contributed by atoms with Gasteiger partial charge in [0.2, 0.25) is 0 Å². The molecule has 0 amide bonds. The summed E-state index contributed by atoms with van der Waals surface area (Å²) in [6, 6.07) is 0. The molecule has 4 unspecified atom stereocenters. The van der Waals surface area contributed by atoms with Gasteiger partial charge in [0.25, 0.3) is 0 Å². The van der Waals surface area contributed by atoms with Gasteiger partial charge in [-0.15, -0.1) is 0 Å². The summed E-state index contributed by atoms with van der Waals surface area (Å²) in [5.41, 5.74) is 0.261. The Balaban J connectivity index is 1.68. The summed E-state index contributed by atoms with van der Waals surface area (Å²) in [6.45, 7) is 10.1. The van der Waals surface area contributed by atoms with Crippen molar-refractivity contribution in [2.75, 3.05) is 6.54 Å². The molecule has 4 atom stereocenters. The van der Waals surface area contributed by atoms with Crippen molar-refractivity contribution in [3.63, 3.8) is 0 Å². The minimum Gasteiger partial charge on any atom is -0.375 e. The van der Waals surface area contributed by atoms with E-state index in [1.54, 1.807) is 0 Å². The normalized spacial score (nSPS) is 40.8. The molecule has 15 heavy (non-hydrogen) atoms. The summed E-state index contributed by atoms with van der Waals surface area (Å²) in [6.07, 6.45) is 5.01. The Morgan fingerprint density at radius 1 is 1.27 bits per heavy atom. The van der Waals surface area contributed by atoms with Crippen LogP contribution in [-0.4, -0.2) is 24.3 Å². The van der Waals surface area contributed by atoms with Gasteiger partial charge in [0.05, 0.1) is 12.2 Å². The maximum absolute atomic E-state index is 5.92. The average Bonchev–Trinajstić information content (AvgIpc) is 2.77. The van der Waals surface area contributed by atoms with Gasteiger partial charge in [-0.2, -0.15) is 0 Å². The van der Waals surface area contributed by atoms with Crippen molar-refractivity contribution in [1.29, 1.82) is 0 Å². The lowest BCUT2D eigenvalue weighted by Crippen LogP contribution is -2.37. The smallest absolute Gasteiger partial charge is 0.0611 e. The SMILES string of the molecule is CC1CCC(C2CC2CNC(C)(C)C)O1. The molecule has 1 aliphatic carbocycles. The summed E-state index contributed by atoms with van der Waals surface area (Å²) in [5.74, 6) is 1.73. The van der Waals surface area contributed by atoms with Crippen molar-refractivity contribution >= 4 is 0 Å². The molecule has 0 aromatic carbocycles. The highest BCUT2D eigenvalue weighted by Gasteiger charge is 2.45. The van der Waals surface area contributed by atoms with Crippen LogP contribution in [0, 0.1) is 11.8 Å². The van der Waals surface area contributed by atoms with Gasteiger partial charge in [-0.3, -0.25) is 0 Å². The van der Waals surface area contributed by atoms with Crippen molar-refractivity contribution in [2.45, 2.75) is 64.7 Å². The zero-order chi connectivity index (χ0) is 11.1. The quantitative estimate of drug-likeness (QED) is 0.774. The Morgan fingerprint density at radius 2 is 2.00 bits per heavy atom. The van der Waals surface area contributed by atoms with Gasteiger partial charge in [0.15, 0.2) is 0 Å². The van der Waals surface area contributed by atoms with Crippen LogP contribution in [0.4, 0.5) is 0 Å². The second kappa shape index (κ2) is 4.06. The standard InChI is InChI=1S/C13H25NO/c1-9-5-6-12(15-9)11-7-10(11)8-14-13(2,3)4/h9-12,14H,5-8H2,1-4H3. The molecule has 2 fully saturated rings. The highest BCUT2D eigenvalue weighted by Crippen LogP contribution is 2.46. The van der Waals surface area contributed by atoms with Crippen molar-refractivity contribution in [2.24, 2.45) is 11.8 Å². The first-order chi connectivity index (χ1) is 6.96. The Hall–Kier alpha value is -0.0800. The van der Waals surface area contributed by atoms with Crippen LogP contribution in [0.3, 0.4) is 0 Å². The monoisotopic (exact) mass is 211 g/mol. The fourth-order valence-corrected chi connectivity index (χ4v) is 2.55. The predicted octanol–water partition coefficient (Wildman–Crippen LogP) is 2.58. The van der Waals surface area contributed by atoms with E-state index < -0.39 is 0 Å². The number of rotatable bonds is 3. The number of ether oxygens (including phenoxy) is 1. The second-order valence-electron chi connectivity index (χ2n) is 6.35. The maximum Gasteiger partial charge on any atom is 0.0611 e. The zero-order valence-electron chi connectivity index (χ0n) is 10.5. The van der Waals surface area contributed by atoms with Crippen LogP contribution in [0.15, 0.2) is 0 Å². The van der Waals surface area contributed by atoms with Gasteiger partial charge in [-0.1, -0.05) is 0 Å². The summed E-state index contributed by atoms with van der Waals surface area (Å²) >= 11 is 0. The second-order valence-corrected chi connectivity index (χ2v) is 6.35. The van der Waals surface area contributed by atoms with Gasteiger partial charge in [0.1, 0.15) is 0 Å². The molecule has 0 radical (unpaired) electrons. The van der Waals surface area contributed by atoms with E-state index in [4.69, 9.17) is 4.74 Å². The summed E-state index contributed by atoms with van der Waals surface area (Å²) in [5, 5.41) is 3.59. The Kier molecular flexibility index (Phi) is 3.09. The molecule has 0 spiro atoms. The van der Waals surface area contributed by atoms with Crippen molar-refractivity contribution in [3.8, 4) is 0 Å². The molecule has 2 aliphatic rings. The largest absolute Gasteiger partial charge is 0.375 e. The van der Waals surface area contributed by atoms with Crippen LogP contribution >= 0.6 is 0 Å². The molecule has 88 valence electrons. The average molecular weight is 211 g/mol. The Bertz CT molecular complexity index is 221. The van der Waals surface area contributed by atoms with Gasteiger partial charge >= 0.3 is 0 Å². The summed E-state index contributed by atoms with van der Waals surface area (Å²) in [4.78, 5) is 0. The molecule has 2 nitrogen and oxygen atoms in total. The van der Waals surface area contributed by atoms with Crippen LogP contribution < -0.4 is 5.32 Å². The molecule has 2 heteroatoms. The van der Waals surface area contributed by atoms with Gasteiger partial charge in [-0.05, 0) is 65.3 Å². The third kappa shape index (κ3) is 3.18. The Labute approximate surface area is 93.8 Å². The molecule has 1 aliphatic heterocycles. The minimum absolute atomic E-state index is 0.261. The molecule has 2 rings (SSSR count). The fourth-order valence-electron chi connectivity index (χ4n) is 2.55. The van der Waals surface area contributed by atoms with E-state index in [9.17, 15) is 0 Å². The van der Waals surface area contributed by atoms with E-state index in [0.29, 0.717) is 12.2 Å². The van der Waals surface area contributed by atoms with Gasteiger partial charge in [0, 0.05) is 5.54 Å². The Morgan fingerprint density at radius 3 is 2.53 bits per heavy atom. The summed E-state index contributed by atoms with van der Waals surface area (Å²) < 4.78 is 5.92. The third-order valence-electron chi connectivity index (χ3n) is 3.61. The molecule has 1 saturated carbocycles. The van der Waals surface area contributed by atoms with E-state index in [0.717, 1.165) is 11.8 Å². The highest BCUT2D eigenvalue weighted by atomic mass is 16.5. The molecular weight excluding hydrogens is 186 g/mol. The molecule has 1 N–H and O–H groups in total. The first kappa shape index (κ1) is 11.4. The first-order valence-corrected chi connectivity index (χ1v) is 6.36. The van der Waals surface area contributed by atoms with E-state index in [2.05, 4.69) is 33.0 Å². The van der Waals surface area contributed by atoms with Crippen molar-refractivity contribution < 1.29 is 4.74 Å². The lowest BCUT2D eigenvalue weighted by Gasteiger charge is -2.21. The minimum atomic E-state index is 0.261. The third-order valence-corrected chi connectivity index (χ3v) is 3.61. The summed E-state index contributed by atoms with van der Waals surface area (Å²) in [7, 11) is 0. The van der Waals surface area contributed by atoms with E-state index >= 15 is 0 Å². The van der Waals surface area contributed by atoms with Crippen molar-refractivity contribution in [1.82, 2.24) is 5.32 Å².